The van der Waals surface area contributed by atoms with Gasteiger partial charge in [-0.25, -0.2) is 0 Å². The molecule has 0 saturated carbocycles. The van der Waals surface area contributed by atoms with Crippen LogP contribution in [0, 0.1) is 17.9 Å². The second kappa shape index (κ2) is 19.2. The van der Waals surface area contributed by atoms with Crippen LogP contribution >= 0.6 is 0 Å². The Balaban J connectivity index is 0.000000205. The molecule has 0 N–H and O–H groups in total. The van der Waals surface area contributed by atoms with Gasteiger partial charge in [0.2, 0.25) is 0 Å². The van der Waals surface area contributed by atoms with Crippen molar-refractivity contribution >= 4 is 68.2 Å². The van der Waals surface area contributed by atoms with E-state index in [9.17, 15) is 4.39 Å². The van der Waals surface area contributed by atoms with Crippen LogP contribution in [0.25, 0.3) is 105 Å². The van der Waals surface area contributed by atoms with Gasteiger partial charge in [0, 0.05) is 54.0 Å². The zero-order valence-corrected chi connectivity index (χ0v) is 44.2. The van der Waals surface area contributed by atoms with Gasteiger partial charge in [0.1, 0.15) is 16.7 Å². The number of halogens is 1. The van der Waals surface area contributed by atoms with Crippen molar-refractivity contribution in [3.05, 3.63) is 205 Å². The molecule has 8 aromatic carbocycles. The van der Waals surface area contributed by atoms with Gasteiger partial charge in [-0.3, -0.25) is 9.37 Å². The molecule has 12 rings (SSSR count). The Bertz CT molecular complexity index is 3860. The number of fused-ring (bicyclic) bond motifs is 7. The summed E-state index contributed by atoms with van der Waals surface area (Å²) in [6, 6.07) is 63.7. The van der Waals surface area contributed by atoms with Crippen molar-refractivity contribution in [1.82, 2.24) is 14.5 Å². The molecule has 0 fully saturated rings. The molecule has 0 spiro atoms. The van der Waals surface area contributed by atoms with Gasteiger partial charge in [-0.05, 0) is 93.0 Å². The first kappa shape index (κ1) is 47.5. The number of aromatic nitrogens is 3. The molecule has 1 radical (unpaired) electrons. The largest absolute Gasteiger partial charge is 0.501 e. The summed E-state index contributed by atoms with van der Waals surface area (Å²) in [5.74, 6) is 1.10. The number of hydrogen-bond acceptors (Lipinski definition) is 4. The number of imidazole rings is 1. The van der Waals surface area contributed by atoms with Crippen LogP contribution in [0.2, 0.25) is 19.6 Å². The molecule has 0 unspecified atom stereocenters. The van der Waals surface area contributed by atoms with E-state index in [1.807, 2.05) is 72.9 Å². The van der Waals surface area contributed by atoms with E-state index in [1.54, 1.807) is 0 Å². The van der Waals surface area contributed by atoms with E-state index in [0.717, 1.165) is 83.1 Å². The SMILES string of the molecule is CC(C)c1cc(-c2ccccc2)cc(C(C)C)c1-n1c(-c2[c-]ccc3c2oc2cc4c(cc23)oc2ccccc24)nc2ccccc21.C[Si](C)(C)c1ccc(-c2[c-]cc(F)c(-c3ccccc3)c2)nc1.[Ir]. The Morgan fingerprint density at radius 2 is 1.23 bits per heavy atom. The number of para-hydroxylation sites is 3. The van der Waals surface area contributed by atoms with Crippen molar-refractivity contribution in [3.8, 4) is 50.6 Å². The molecule has 4 aromatic heterocycles. The monoisotopic (exact) mass is 1120 g/mol. The van der Waals surface area contributed by atoms with Crippen LogP contribution in [0.1, 0.15) is 50.7 Å². The fraction of sp³-hybridized carbons (Fsp3) is 0.143. The van der Waals surface area contributed by atoms with E-state index in [-0.39, 0.29) is 37.8 Å². The summed E-state index contributed by atoms with van der Waals surface area (Å²) in [6.07, 6.45) is 1.95. The molecule has 0 amide bonds. The third-order valence-electron chi connectivity index (χ3n) is 13.3. The average molecular weight is 1120 g/mol. The Morgan fingerprint density at radius 3 is 1.90 bits per heavy atom. The smallest absolute Gasteiger partial charge is 0.136 e. The molecular formula is C63H52FIrN3O2Si-2. The number of hydrogen-bond donors (Lipinski definition) is 0. The molecule has 4 heterocycles. The van der Waals surface area contributed by atoms with Crippen molar-refractivity contribution in [2.24, 2.45) is 0 Å². The van der Waals surface area contributed by atoms with Gasteiger partial charge in [-0.15, -0.1) is 42.0 Å². The first-order chi connectivity index (χ1) is 33.9. The van der Waals surface area contributed by atoms with Crippen molar-refractivity contribution in [2.45, 2.75) is 59.2 Å². The number of pyridine rings is 1. The van der Waals surface area contributed by atoms with E-state index < -0.39 is 8.07 Å². The minimum atomic E-state index is -1.36. The van der Waals surface area contributed by atoms with E-state index in [2.05, 4.69) is 166 Å². The van der Waals surface area contributed by atoms with E-state index >= 15 is 0 Å². The zero-order chi connectivity index (χ0) is 48.3. The standard InChI is InChI=1S/C43H33N2O2.C20H19FNSi.Ir/c1-25(2)32-21-28(27-13-6-5-7-14-27)22-33(26(3)4)41(32)45-37-19-10-9-18-36(37)44-43(45)31-17-12-16-30-35-24-39-34(23-40(35)47-42(30)31)29-15-8-11-20-38(29)46-39;1-23(2,3)17-10-12-20(22-14-17)16-9-11-19(21)18(13-16)15-7-5-4-6-8-15;/h5-16,18-26H,1-4H3;4-8,10-14H,1-3H3;/q2*-1;. The predicted molar refractivity (Wildman–Crippen MR) is 290 cm³/mol. The summed E-state index contributed by atoms with van der Waals surface area (Å²) in [4.78, 5) is 9.86. The molecule has 353 valence electrons. The molecule has 0 saturated heterocycles. The van der Waals surface area contributed by atoms with Crippen molar-refractivity contribution in [1.29, 1.82) is 0 Å². The van der Waals surface area contributed by atoms with Crippen LogP contribution < -0.4 is 5.19 Å². The quantitative estimate of drug-likeness (QED) is 0.112. The van der Waals surface area contributed by atoms with E-state index in [1.165, 1.54) is 39.2 Å². The maximum absolute atomic E-state index is 14.1. The van der Waals surface area contributed by atoms with Gasteiger partial charge in [0.05, 0.1) is 30.5 Å². The minimum Gasteiger partial charge on any atom is -0.501 e. The third-order valence-corrected chi connectivity index (χ3v) is 15.4. The maximum Gasteiger partial charge on any atom is 0.136 e. The molecule has 0 aliphatic heterocycles. The van der Waals surface area contributed by atoms with Crippen LogP contribution in [0.15, 0.2) is 185 Å². The van der Waals surface area contributed by atoms with Gasteiger partial charge < -0.3 is 18.4 Å². The fourth-order valence-corrected chi connectivity index (χ4v) is 10.7. The first-order valence-corrected chi connectivity index (χ1v) is 27.5. The molecule has 12 aromatic rings. The number of rotatable bonds is 8. The summed E-state index contributed by atoms with van der Waals surface area (Å²) in [6.45, 7) is 16.0. The Morgan fingerprint density at radius 1 is 0.592 bits per heavy atom. The third kappa shape index (κ3) is 8.86. The molecule has 0 aliphatic rings. The van der Waals surface area contributed by atoms with Crippen molar-refractivity contribution in [3.63, 3.8) is 0 Å². The first-order valence-electron chi connectivity index (χ1n) is 24.0. The topological polar surface area (TPSA) is 57.0 Å². The number of nitrogens with zero attached hydrogens (tertiary/aromatic N) is 3. The van der Waals surface area contributed by atoms with E-state index in [4.69, 9.17) is 13.8 Å². The fourth-order valence-electron chi connectivity index (χ4n) is 9.62. The molecule has 71 heavy (non-hydrogen) atoms. The maximum atomic E-state index is 14.1. The Hall–Kier alpha value is -7.22. The summed E-state index contributed by atoms with van der Waals surface area (Å²) < 4.78 is 29.5. The number of benzene rings is 8. The minimum absolute atomic E-state index is 0. The summed E-state index contributed by atoms with van der Waals surface area (Å²) in [7, 11) is -1.36. The summed E-state index contributed by atoms with van der Waals surface area (Å²) >= 11 is 0. The second-order valence-corrected chi connectivity index (χ2v) is 24.8. The molecular weight excluding hydrogens is 1070 g/mol. The van der Waals surface area contributed by atoms with Gasteiger partial charge >= 0.3 is 0 Å². The molecule has 8 heteroatoms. The molecule has 0 aliphatic carbocycles. The van der Waals surface area contributed by atoms with Crippen LogP contribution in [0.3, 0.4) is 0 Å². The van der Waals surface area contributed by atoms with Crippen molar-refractivity contribution < 1.29 is 33.3 Å². The van der Waals surface area contributed by atoms with Crippen LogP contribution in [0.4, 0.5) is 4.39 Å². The van der Waals surface area contributed by atoms with Crippen LogP contribution in [-0.2, 0) is 20.1 Å². The molecule has 0 atom stereocenters. The predicted octanol–water partition coefficient (Wildman–Crippen LogP) is 17.1. The summed E-state index contributed by atoms with van der Waals surface area (Å²) in [5.41, 5.74) is 15.4. The van der Waals surface area contributed by atoms with E-state index in [0.29, 0.717) is 5.56 Å². The average Bonchev–Trinajstić information content (AvgIpc) is 4.07. The van der Waals surface area contributed by atoms with Gasteiger partial charge in [-0.2, -0.15) is 0 Å². The van der Waals surface area contributed by atoms with Gasteiger partial charge in [0.15, 0.2) is 0 Å². The zero-order valence-electron chi connectivity index (χ0n) is 40.8. The Labute approximate surface area is 428 Å². The normalized spacial score (nSPS) is 11.8. The molecule has 0 bridgehead atoms. The van der Waals surface area contributed by atoms with Gasteiger partial charge in [-0.1, -0.05) is 167 Å². The van der Waals surface area contributed by atoms with Crippen LogP contribution in [0.5, 0.6) is 0 Å². The Kier molecular flexibility index (Phi) is 12.8. The number of furan rings is 2. The van der Waals surface area contributed by atoms with Gasteiger partial charge in [0.25, 0.3) is 0 Å². The molecule has 5 nitrogen and oxygen atoms in total. The van der Waals surface area contributed by atoms with Crippen molar-refractivity contribution in [2.75, 3.05) is 0 Å². The summed E-state index contributed by atoms with van der Waals surface area (Å²) in [5, 5.41) is 5.47. The second-order valence-electron chi connectivity index (χ2n) is 19.7. The van der Waals surface area contributed by atoms with Crippen LogP contribution in [-0.4, -0.2) is 22.6 Å².